The largest absolute Gasteiger partial charge is 0.302 e. The lowest BCUT2D eigenvalue weighted by Crippen LogP contribution is -2.39. The van der Waals surface area contributed by atoms with E-state index in [9.17, 15) is 4.79 Å². The molecule has 1 aromatic heterocycles. The molecule has 0 saturated carbocycles. The molecule has 0 unspecified atom stereocenters. The molecule has 1 heterocycles. The van der Waals surface area contributed by atoms with Crippen LogP contribution < -0.4 is 4.90 Å². The molecule has 0 N–H and O–H groups in total. The lowest BCUT2D eigenvalue weighted by atomic mass is 10.0. The standard InChI is InChI=1S/C25H33N3OS/c1-6-20-10-9-11-22-24(20)26-25(30-22)28(15-14-27(7-2)8-3)23(29)17-21-16-18(4)12-13-19(21)5/h9-13,16H,6-8,14-15,17H2,1-5H3. The predicted molar refractivity (Wildman–Crippen MR) is 129 cm³/mol. The number of likely N-dealkylation sites (N-methyl/N-ethyl adjacent to an activating group) is 1. The molecule has 160 valence electrons. The van der Waals surface area contributed by atoms with E-state index in [0.29, 0.717) is 13.0 Å². The second-order valence-electron chi connectivity index (χ2n) is 7.79. The Kier molecular flexibility index (Phi) is 7.62. The summed E-state index contributed by atoms with van der Waals surface area (Å²) < 4.78 is 1.15. The van der Waals surface area contributed by atoms with Crippen molar-refractivity contribution in [3.63, 3.8) is 0 Å². The van der Waals surface area contributed by atoms with E-state index in [1.165, 1.54) is 11.1 Å². The number of thiazole rings is 1. The number of carbonyl (C=O) groups is 1. The highest BCUT2D eigenvalue weighted by Crippen LogP contribution is 2.31. The van der Waals surface area contributed by atoms with Gasteiger partial charge in [-0.2, -0.15) is 0 Å². The maximum absolute atomic E-state index is 13.5. The van der Waals surface area contributed by atoms with Gasteiger partial charge in [0.25, 0.3) is 0 Å². The highest BCUT2D eigenvalue weighted by atomic mass is 32.1. The van der Waals surface area contributed by atoms with Gasteiger partial charge in [0.1, 0.15) is 0 Å². The Morgan fingerprint density at radius 1 is 1.00 bits per heavy atom. The SMILES string of the molecule is CCc1cccc2sc(N(CCN(CC)CC)C(=O)Cc3cc(C)ccc3C)nc12. The third-order valence-electron chi connectivity index (χ3n) is 5.78. The van der Waals surface area contributed by atoms with Gasteiger partial charge in [0, 0.05) is 13.1 Å². The fraction of sp³-hybridized carbons (Fsp3) is 0.440. The summed E-state index contributed by atoms with van der Waals surface area (Å²) in [5.41, 5.74) is 5.72. The molecular formula is C25H33N3OS. The Morgan fingerprint density at radius 2 is 1.77 bits per heavy atom. The molecule has 0 aliphatic carbocycles. The number of para-hydroxylation sites is 1. The van der Waals surface area contributed by atoms with Crippen LogP contribution in [0.25, 0.3) is 10.2 Å². The zero-order chi connectivity index (χ0) is 21.7. The molecule has 0 atom stereocenters. The molecule has 0 spiro atoms. The molecule has 4 nitrogen and oxygen atoms in total. The fourth-order valence-electron chi connectivity index (χ4n) is 3.75. The molecular weight excluding hydrogens is 390 g/mol. The van der Waals surface area contributed by atoms with Crippen LogP contribution >= 0.6 is 11.3 Å². The molecule has 3 rings (SSSR count). The number of hydrogen-bond acceptors (Lipinski definition) is 4. The van der Waals surface area contributed by atoms with E-state index in [0.717, 1.165) is 52.5 Å². The molecule has 0 bridgehead atoms. The minimum absolute atomic E-state index is 0.118. The van der Waals surface area contributed by atoms with Gasteiger partial charge < -0.3 is 4.90 Å². The van der Waals surface area contributed by atoms with Crippen molar-refractivity contribution in [3.05, 3.63) is 58.7 Å². The minimum Gasteiger partial charge on any atom is -0.302 e. The Hall–Kier alpha value is -2.24. The number of aromatic nitrogens is 1. The maximum atomic E-state index is 13.5. The van der Waals surface area contributed by atoms with Crippen LogP contribution in [-0.4, -0.2) is 42.0 Å². The second-order valence-corrected chi connectivity index (χ2v) is 8.80. The van der Waals surface area contributed by atoms with Crippen molar-refractivity contribution in [2.75, 3.05) is 31.1 Å². The first kappa shape index (κ1) is 22.4. The van der Waals surface area contributed by atoms with Crippen molar-refractivity contribution in [1.29, 1.82) is 0 Å². The Bertz CT molecular complexity index is 1010. The van der Waals surface area contributed by atoms with Gasteiger partial charge in [-0.15, -0.1) is 0 Å². The number of benzene rings is 2. The van der Waals surface area contributed by atoms with Crippen LogP contribution in [0.3, 0.4) is 0 Å². The van der Waals surface area contributed by atoms with E-state index in [1.807, 2.05) is 4.90 Å². The molecule has 2 aromatic carbocycles. The number of fused-ring (bicyclic) bond motifs is 1. The number of amides is 1. The lowest BCUT2D eigenvalue weighted by molar-refractivity contribution is -0.118. The number of carbonyl (C=O) groups excluding carboxylic acids is 1. The number of hydrogen-bond donors (Lipinski definition) is 0. The van der Waals surface area contributed by atoms with Gasteiger partial charge in [-0.05, 0) is 56.1 Å². The summed E-state index contributed by atoms with van der Waals surface area (Å²) in [6, 6.07) is 12.6. The summed E-state index contributed by atoms with van der Waals surface area (Å²) in [7, 11) is 0. The van der Waals surface area contributed by atoms with E-state index < -0.39 is 0 Å². The van der Waals surface area contributed by atoms with Crippen LogP contribution in [0.2, 0.25) is 0 Å². The van der Waals surface area contributed by atoms with Crippen LogP contribution in [0, 0.1) is 13.8 Å². The summed E-state index contributed by atoms with van der Waals surface area (Å²) >= 11 is 1.62. The van der Waals surface area contributed by atoms with Gasteiger partial charge in [0.2, 0.25) is 5.91 Å². The molecule has 0 radical (unpaired) electrons. The Balaban J connectivity index is 1.93. The second kappa shape index (κ2) is 10.2. The van der Waals surface area contributed by atoms with Crippen LogP contribution in [-0.2, 0) is 17.6 Å². The van der Waals surface area contributed by atoms with Crippen LogP contribution in [0.15, 0.2) is 36.4 Å². The van der Waals surface area contributed by atoms with Gasteiger partial charge in [-0.25, -0.2) is 4.98 Å². The van der Waals surface area contributed by atoms with Crippen LogP contribution in [0.4, 0.5) is 5.13 Å². The molecule has 3 aromatic rings. The van der Waals surface area contributed by atoms with Crippen molar-refractivity contribution in [3.8, 4) is 0 Å². The zero-order valence-corrected chi connectivity index (χ0v) is 19.7. The monoisotopic (exact) mass is 423 g/mol. The molecule has 0 aliphatic heterocycles. The van der Waals surface area contributed by atoms with Gasteiger partial charge in [0.05, 0.1) is 16.6 Å². The summed E-state index contributed by atoms with van der Waals surface area (Å²) in [6.07, 6.45) is 1.35. The minimum atomic E-state index is 0.118. The third-order valence-corrected chi connectivity index (χ3v) is 6.83. The highest BCUT2D eigenvalue weighted by Gasteiger charge is 2.22. The average molecular weight is 424 g/mol. The number of aryl methyl sites for hydroxylation is 3. The maximum Gasteiger partial charge on any atom is 0.233 e. The van der Waals surface area contributed by atoms with Crippen molar-refractivity contribution in [2.24, 2.45) is 0 Å². The number of rotatable bonds is 9. The van der Waals surface area contributed by atoms with E-state index in [1.54, 1.807) is 11.3 Å². The molecule has 0 aliphatic rings. The molecule has 1 amide bonds. The predicted octanol–water partition coefficient (Wildman–Crippen LogP) is 5.39. The first-order valence-corrected chi connectivity index (χ1v) is 11.8. The van der Waals surface area contributed by atoms with E-state index in [4.69, 9.17) is 4.98 Å². The molecule has 0 fully saturated rings. The van der Waals surface area contributed by atoms with Crippen LogP contribution in [0.1, 0.15) is 43.0 Å². The first-order valence-electron chi connectivity index (χ1n) is 10.9. The fourth-order valence-corrected chi connectivity index (χ4v) is 4.81. The van der Waals surface area contributed by atoms with E-state index >= 15 is 0 Å². The average Bonchev–Trinajstić information content (AvgIpc) is 3.17. The quantitative estimate of drug-likeness (QED) is 0.463. The van der Waals surface area contributed by atoms with E-state index in [2.05, 4.69) is 75.9 Å². The van der Waals surface area contributed by atoms with Gasteiger partial charge in [-0.1, -0.05) is 68.0 Å². The Labute approximate surface area is 184 Å². The topological polar surface area (TPSA) is 36.4 Å². The number of nitrogens with zero attached hydrogens (tertiary/aromatic N) is 3. The number of anilines is 1. The summed E-state index contributed by atoms with van der Waals surface area (Å²) in [5.74, 6) is 0.118. The van der Waals surface area contributed by atoms with E-state index in [-0.39, 0.29) is 5.91 Å². The summed E-state index contributed by atoms with van der Waals surface area (Å²) in [5, 5.41) is 0.813. The van der Waals surface area contributed by atoms with Crippen molar-refractivity contribution in [1.82, 2.24) is 9.88 Å². The van der Waals surface area contributed by atoms with Crippen LogP contribution in [0.5, 0.6) is 0 Å². The van der Waals surface area contributed by atoms with Gasteiger partial charge in [0.15, 0.2) is 5.13 Å². The normalized spacial score (nSPS) is 11.4. The lowest BCUT2D eigenvalue weighted by Gasteiger charge is -2.25. The van der Waals surface area contributed by atoms with Crippen molar-refractivity contribution >= 4 is 32.6 Å². The van der Waals surface area contributed by atoms with Crippen molar-refractivity contribution in [2.45, 2.75) is 47.5 Å². The smallest absolute Gasteiger partial charge is 0.233 e. The molecule has 5 heteroatoms. The molecule has 0 saturated heterocycles. The van der Waals surface area contributed by atoms with Gasteiger partial charge in [-0.3, -0.25) is 9.69 Å². The highest BCUT2D eigenvalue weighted by molar-refractivity contribution is 7.22. The summed E-state index contributed by atoms with van der Waals surface area (Å²) in [4.78, 5) is 22.6. The first-order chi connectivity index (χ1) is 14.5. The summed E-state index contributed by atoms with van der Waals surface area (Å²) in [6.45, 7) is 14.1. The zero-order valence-electron chi connectivity index (χ0n) is 18.9. The third kappa shape index (κ3) is 5.08. The molecule has 30 heavy (non-hydrogen) atoms. The van der Waals surface area contributed by atoms with Gasteiger partial charge >= 0.3 is 0 Å². The van der Waals surface area contributed by atoms with Crippen molar-refractivity contribution < 1.29 is 4.79 Å². The Morgan fingerprint density at radius 3 is 2.47 bits per heavy atom.